The van der Waals surface area contributed by atoms with Crippen LogP contribution in [0.15, 0.2) is 34.7 Å². The van der Waals surface area contributed by atoms with E-state index in [2.05, 4.69) is 9.71 Å². The summed E-state index contributed by atoms with van der Waals surface area (Å²) in [5, 5.41) is 2.66. The highest BCUT2D eigenvalue weighted by atomic mass is 32.2. The van der Waals surface area contributed by atoms with Gasteiger partial charge in [0.2, 0.25) is 10.0 Å². The van der Waals surface area contributed by atoms with Gasteiger partial charge < -0.3 is 5.73 Å². The number of benzene rings is 1. The van der Waals surface area contributed by atoms with Crippen LogP contribution < -0.4 is 10.5 Å². The summed E-state index contributed by atoms with van der Waals surface area (Å²) in [6, 6.07) is 3.87. The molecular formula is C13H16FN3O2S2. The molecule has 0 saturated carbocycles. The third-order valence-electron chi connectivity index (χ3n) is 2.97. The molecule has 2 aromatic rings. The quantitative estimate of drug-likeness (QED) is 0.846. The molecule has 1 unspecified atom stereocenters. The topological polar surface area (TPSA) is 85.1 Å². The third-order valence-corrected chi connectivity index (χ3v) is 5.44. The molecule has 2 rings (SSSR count). The fourth-order valence-corrected chi connectivity index (χ4v) is 3.65. The number of nitrogens with two attached hydrogens (primary N) is 1. The highest BCUT2D eigenvalue weighted by Crippen LogP contribution is 2.19. The number of aromatic nitrogens is 1. The molecule has 0 amide bonds. The van der Waals surface area contributed by atoms with Crippen molar-refractivity contribution < 1.29 is 12.8 Å². The molecule has 0 bridgehead atoms. The van der Waals surface area contributed by atoms with E-state index in [1.165, 1.54) is 23.5 Å². The van der Waals surface area contributed by atoms with Crippen molar-refractivity contribution in [2.75, 3.05) is 6.54 Å². The lowest BCUT2D eigenvalue weighted by Gasteiger charge is -2.11. The zero-order chi connectivity index (χ0) is 15.5. The van der Waals surface area contributed by atoms with E-state index in [4.69, 9.17) is 5.73 Å². The van der Waals surface area contributed by atoms with Gasteiger partial charge in [-0.1, -0.05) is 13.0 Å². The van der Waals surface area contributed by atoms with E-state index in [1.807, 2.05) is 12.3 Å². The molecule has 0 saturated heterocycles. The lowest BCUT2D eigenvalue weighted by atomic mass is 10.2. The third kappa shape index (κ3) is 3.85. The number of nitrogens with zero attached hydrogens (tertiary/aromatic N) is 1. The molecule has 5 nitrogen and oxygen atoms in total. The molecule has 3 N–H and O–H groups in total. The number of sulfonamides is 1. The molecule has 0 fully saturated rings. The minimum absolute atomic E-state index is 0.0776. The Labute approximate surface area is 127 Å². The van der Waals surface area contributed by atoms with Crippen LogP contribution in [0.5, 0.6) is 0 Å². The van der Waals surface area contributed by atoms with Crippen LogP contribution in [0, 0.1) is 5.82 Å². The Kier molecular flexibility index (Phi) is 5.04. The molecule has 0 aliphatic rings. The fraction of sp³-hybridized carbons (Fsp3) is 0.308. The van der Waals surface area contributed by atoms with E-state index in [9.17, 15) is 12.8 Å². The predicted octanol–water partition coefficient (Wildman–Crippen LogP) is 1.82. The monoisotopic (exact) mass is 329 g/mol. The van der Waals surface area contributed by atoms with Gasteiger partial charge in [-0.15, -0.1) is 11.3 Å². The maximum atomic E-state index is 13.8. The van der Waals surface area contributed by atoms with E-state index >= 15 is 0 Å². The Morgan fingerprint density at radius 3 is 2.81 bits per heavy atom. The maximum Gasteiger partial charge on any atom is 0.243 e. The molecule has 1 aromatic carbocycles. The largest absolute Gasteiger partial charge is 0.326 e. The molecular weight excluding hydrogens is 313 g/mol. The standard InChI is InChI=1S/C13H16FN3O2S2/c1-9(13-16-4-5-20-13)8-17-21(18,19)12-3-2-10(7-15)6-11(12)14/h2-6,9,17H,7-8,15H2,1H3. The SMILES string of the molecule is CC(CNS(=O)(=O)c1ccc(CN)cc1F)c1nccs1. The molecule has 114 valence electrons. The first-order chi connectivity index (χ1) is 9.94. The van der Waals surface area contributed by atoms with Gasteiger partial charge in [0.15, 0.2) is 0 Å². The Bertz CT molecular complexity index is 702. The van der Waals surface area contributed by atoms with Crippen LogP contribution >= 0.6 is 11.3 Å². The Morgan fingerprint density at radius 2 is 2.24 bits per heavy atom. The van der Waals surface area contributed by atoms with Gasteiger partial charge in [0.1, 0.15) is 10.7 Å². The van der Waals surface area contributed by atoms with E-state index in [0.717, 1.165) is 11.1 Å². The summed E-state index contributed by atoms with van der Waals surface area (Å²) in [5.74, 6) is -0.876. The summed E-state index contributed by atoms with van der Waals surface area (Å²) < 4.78 is 40.5. The van der Waals surface area contributed by atoms with Crippen LogP contribution in [0.1, 0.15) is 23.4 Å². The molecule has 0 aliphatic heterocycles. The van der Waals surface area contributed by atoms with E-state index in [-0.39, 0.29) is 23.9 Å². The van der Waals surface area contributed by atoms with Gasteiger partial charge in [0, 0.05) is 30.6 Å². The molecule has 0 radical (unpaired) electrons. The minimum Gasteiger partial charge on any atom is -0.326 e. The summed E-state index contributed by atoms with van der Waals surface area (Å²) in [5.41, 5.74) is 5.94. The lowest BCUT2D eigenvalue weighted by Crippen LogP contribution is -2.28. The molecule has 0 spiro atoms. The number of rotatable bonds is 6. The number of thiazole rings is 1. The van der Waals surface area contributed by atoms with E-state index < -0.39 is 15.8 Å². The van der Waals surface area contributed by atoms with Crippen LogP contribution in [0.2, 0.25) is 0 Å². The summed E-state index contributed by atoms with van der Waals surface area (Å²) in [6.07, 6.45) is 1.66. The highest BCUT2D eigenvalue weighted by molar-refractivity contribution is 7.89. The van der Waals surface area contributed by atoms with Gasteiger partial charge in [-0.25, -0.2) is 22.5 Å². The first-order valence-corrected chi connectivity index (χ1v) is 8.68. The average molecular weight is 329 g/mol. The van der Waals surface area contributed by atoms with Gasteiger partial charge in [-0.05, 0) is 17.7 Å². The van der Waals surface area contributed by atoms with Crippen LogP contribution in [0.4, 0.5) is 4.39 Å². The molecule has 8 heteroatoms. The van der Waals surface area contributed by atoms with Crippen molar-refractivity contribution in [2.24, 2.45) is 5.73 Å². The Balaban J connectivity index is 2.11. The summed E-state index contributed by atoms with van der Waals surface area (Å²) in [7, 11) is -3.89. The predicted molar refractivity (Wildman–Crippen MR) is 80.0 cm³/mol. The van der Waals surface area contributed by atoms with Gasteiger partial charge in [0.05, 0.1) is 5.01 Å². The highest BCUT2D eigenvalue weighted by Gasteiger charge is 2.20. The smallest absolute Gasteiger partial charge is 0.243 e. The lowest BCUT2D eigenvalue weighted by molar-refractivity contribution is 0.552. The fourth-order valence-electron chi connectivity index (χ4n) is 1.77. The Hall–Kier alpha value is -1.35. The average Bonchev–Trinajstić information content (AvgIpc) is 2.98. The maximum absolute atomic E-state index is 13.8. The van der Waals surface area contributed by atoms with Crippen molar-refractivity contribution in [3.8, 4) is 0 Å². The van der Waals surface area contributed by atoms with Gasteiger partial charge in [0.25, 0.3) is 0 Å². The number of hydrogen-bond acceptors (Lipinski definition) is 5. The number of nitrogens with one attached hydrogen (secondary N) is 1. The summed E-state index contributed by atoms with van der Waals surface area (Å²) >= 11 is 1.45. The minimum atomic E-state index is -3.89. The van der Waals surface area contributed by atoms with E-state index in [0.29, 0.717) is 5.56 Å². The van der Waals surface area contributed by atoms with Gasteiger partial charge in [-0.3, -0.25) is 0 Å². The molecule has 1 aromatic heterocycles. The first kappa shape index (κ1) is 16.0. The van der Waals surface area contributed by atoms with Gasteiger partial charge >= 0.3 is 0 Å². The van der Waals surface area contributed by atoms with Crippen LogP contribution in [0.25, 0.3) is 0 Å². The van der Waals surface area contributed by atoms with Crippen LogP contribution in [0.3, 0.4) is 0 Å². The number of halogens is 1. The molecule has 1 heterocycles. The molecule has 1 atom stereocenters. The van der Waals surface area contributed by atoms with E-state index in [1.54, 1.807) is 6.20 Å². The summed E-state index contributed by atoms with van der Waals surface area (Å²) in [6.45, 7) is 2.18. The van der Waals surface area contributed by atoms with Crippen molar-refractivity contribution >= 4 is 21.4 Å². The van der Waals surface area contributed by atoms with Crippen molar-refractivity contribution in [1.29, 1.82) is 0 Å². The van der Waals surface area contributed by atoms with Gasteiger partial charge in [-0.2, -0.15) is 0 Å². The normalized spacial score (nSPS) is 13.3. The zero-order valence-electron chi connectivity index (χ0n) is 11.4. The van der Waals surface area contributed by atoms with Crippen molar-refractivity contribution in [1.82, 2.24) is 9.71 Å². The summed E-state index contributed by atoms with van der Waals surface area (Å²) in [4.78, 5) is 3.76. The van der Waals surface area contributed by atoms with Crippen molar-refractivity contribution in [3.63, 3.8) is 0 Å². The first-order valence-electron chi connectivity index (χ1n) is 6.31. The van der Waals surface area contributed by atoms with Crippen molar-refractivity contribution in [3.05, 3.63) is 46.2 Å². The van der Waals surface area contributed by atoms with Crippen molar-refractivity contribution in [2.45, 2.75) is 24.3 Å². The molecule has 21 heavy (non-hydrogen) atoms. The second-order valence-electron chi connectivity index (χ2n) is 4.59. The van der Waals surface area contributed by atoms with Crippen LogP contribution in [-0.4, -0.2) is 19.9 Å². The second-order valence-corrected chi connectivity index (χ2v) is 7.25. The Morgan fingerprint density at radius 1 is 1.48 bits per heavy atom. The van der Waals surface area contributed by atoms with Crippen LogP contribution in [-0.2, 0) is 16.6 Å². The number of hydrogen-bond donors (Lipinski definition) is 2. The second kappa shape index (κ2) is 6.61. The molecule has 0 aliphatic carbocycles. The zero-order valence-corrected chi connectivity index (χ0v) is 13.0.